The van der Waals surface area contributed by atoms with Crippen LogP contribution in [0.15, 0.2) is 0 Å². The number of piperidine rings is 1. The third-order valence-corrected chi connectivity index (χ3v) is 3.71. The summed E-state index contributed by atoms with van der Waals surface area (Å²) in [7, 11) is 0. The monoisotopic (exact) mass is 338 g/mol. The van der Waals surface area contributed by atoms with Crippen LogP contribution in [0, 0.1) is 5.92 Å². The molecule has 1 heterocycles. The van der Waals surface area contributed by atoms with Gasteiger partial charge in [-0.2, -0.15) is 13.2 Å². The second-order valence-corrected chi connectivity index (χ2v) is 5.72. The van der Waals surface area contributed by atoms with Crippen LogP contribution in [0.3, 0.4) is 0 Å². The van der Waals surface area contributed by atoms with Crippen molar-refractivity contribution in [3.8, 4) is 0 Å². The Morgan fingerprint density at radius 3 is 2.48 bits per heavy atom. The molecule has 134 valence electrons. The summed E-state index contributed by atoms with van der Waals surface area (Å²) in [5, 5.41) is 2.72. The van der Waals surface area contributed by atoms with Crippen molar-refractivity contribution in [3.63, 3.8) is 0 Å². The first kappa shape index (κ1) is 19.7. The van der Waals surface area contributed by atoms with E-state index in [1.165, 1.54) is 0 Å². The number of hydrogen-bond acceptors (Lipinski definition) is 3. The van der Waals surface area contributed by atoms with E-state index in [1.54, 1.807) is 4.90 Å². The second-order valence-electron chi connectivity index (χ2n) is 5.72. The number of amides is 2. The van der Waals surface area contributed by atoms with Crippen molar-refractivity contribution in [2.45, 2.75) is 45.2 Å². The molecule has 0 radical (unpaired) electrons. The Bertz CT molecular complexity index is 381. The standard InChI is InChI=1S/C15H25F3N2O3/c1-2-4-13(21)20-8-5-12(6-9-20)14(22)19-7-3-10-23-11-15(16,17)18/h12H,2-11H2,1H3,(H,19,22). The Morgan fingerprint density at radius 2 is 1.91 bits per heavy atom. The summed E-state index contributed by atoms with van der Waals surface area (Å²) in [6.07, 6.45) is -1.36. The van der Waals surface area contributed by atoms with E-state index in [4.69, 9.17) is 0 Å². The van der Waals surface area contributed by atoms with Crippen LogP contribution in [0.1, 0.15) is 39.0 Å². The Kier molecular flexibility index (Phi) is 8.36. The first-order chi connectivity index (χ1) is 10.8. The van der Waals surface area contributed by atoms with Crippen molar-refractivity contribution < 1.29 is 27.5 Å². The fourth-order valence-corrected chi connectivity index (χ4v) is 2.48. The topological polar surface area (TPSA) is 58.6 Å². The second kappa shape index (κ2) is 9.75. The molecule has 0 aromatic heterocycles. The molecule has 5 nitrogen and oxygen atoms in total. The van der Waals surface area contributed by atoms with Crippen molar-refractivity contribution in [1.29, 1.82) is 0 Å². The van der Waals surface area contributed by atoms with Crippen molar-refractivity contribution in [2.24, 2.45) is 5.92 Å². The minimum absolute atomic E-state index is 0.0379. The van der Waals surface area contributed by atoms with E-state index in [9.17, 15) is 22.8 Å². The van der Waals surface area contributed by atoms with Gasteiger partial charge in [0.2, 0.25) is 11.8 Å². The fraction of sp³-hybridized carbons (Fsp3) is 0.867. The van der Waals surface area contributed by atoms with Gasteiger partial charge in [0.15, 0.2) is 0 Å². The summed E-state index contributed by atoms with van der Waals surface area (Å²) in [5.41, 5.74) is 0. The zero-order chi connectivity index (χ0) is 17.3. The highest BCUT2D eigenvalue weighted by Crippen LogP contribution is 2.18. The van der Waals surface area contributed by atoms with Gasteiger partial charge in [0.1, 0.15) is 6.61 Å². The molecule has 0 saturated carbocycles. The Balaban J connectivity index is 2.11. The van der Waals surface area contributed by atoms with Gasteiger partial charge in [-0.25, -0.2) is 0 Å². The molecule has 0 spiro atoms. The van der Waals surface area contributed by atoms with Crippen LogP contribution < -0.4 is 5.32 Å². The maximum absolute atomic E-state index is 12.0. The van der Waals surface area contributed by atoms with Gasteiger partial charge < -0.3 is 15.0 Å². The number of likely N-dealkylation sites (tertiary alicyclic amines) is 1. The highest BCUT2D eigenvalue weighted by molar-refractivity contribution is 5.80. The molecule has 1 saturated heterocycles. The third kappa shape index (κ3) is 8.20. The average molecular weight is 338 g/mol. The lowest BCUT2D eigenvalue weighted by molar-refractivity contribution is -0.174. The zero-order valence-electron chi connectivity index (χ0n) is 13.5. The van der Waals surface area contributed by atoms with E-state index in [2.05, 4.69) is 10.1 Å². The van der Waals surface area contributed by atoms with E-state index in [-0.39, 0.29) is 24.3 Å². The summed E-state index contributed by atoms with van der Waals surface area (Å²) in [4.78, 5) is 25.5. The van der Waals surface area contributed by atoms with Gasteiger partial charge in [-0.05, 0) is 25.7 Å². The lowest BCUT2D eigenvalue weighted by atomic mass is 9.95. The largest absolute Gasteiger partial charge is 0.411 e. The molecule has 2 amide bonds. The first-order valence-corrected chi connectivity index (χ1v) is 8.03. The Morgan fingerprint density at radius 1 is 1.26 bits per heavy atom. The molecule has 8 heteroatoms. The number of nitrogens with zero attached hydrogens (tertiary/aromatic N) is 1. The maximum Gasteiger partial charge on any atom is 0.411 e. The Hall–Kier alpha value is -1.31. The minimum Gasteiger partial charge on any atom is -0.372 e. The number of alkyl halides is 3. The smallest absolute Gasteiger partial charge is 0.372 e. The van der Waals surface area contributed by atoms with Crippen LogP contribution in [0.25, 0.3) is 0 Å². The number of halogens is 3. The molecule has 1 aliphatic rings. The molecule has 0 aliphatic carbocycles. The fourth-order valence-electron chi connectivity index (χ4n) is 2.48. The average Bonchev–Trinajstić information content (AvgIpc) is 2.50. The van der Waals surface area contributed by atoms with Crippen LogP contribution in [-0.4, -0.2) is 55.7 Å². The van der Waals surface area contributed by atoms with Crippen LogP contribution >= 0.6 is 0 Å². The molecule has 0 aromatic rings. The van der Waals surface area contributed by atoms with E-state index < -0.39 is 12.8 Å². The number of rotatable bonds is 8. The summed E-state index contributed by atoms with van der Waals surface area (Å²) in [5.74, 6) is -0.0895. The van der Waals surface area contributed by atoms with Gasteiger partial charge >= 0.3 is 6.18 Å². The lowest BCUT2D eigenvalue weighted by Crippen LogP contribution is -2.43. The van der Waals surface area contributed by atoms with E-state index in [1.807, 2.05) is 6.92 Å². The highest BCUT2D eigenvalue weighted by atomic mass is 19.4. The van der Waals surface area contributed by atoms with Gasteiger partial charge in [0.05, 0.1) is 0 Å². The summed E-state index contributed by atoms with van der Waals surface area (Å²) in [6.45, 7) is 2.13. The van der Waals surface area contributed by atoms with Crippen LogP contribution in [-0.2, 0) is 14.3 Å². The third-order valence-electron chi connectivity index (χ3n) is 3.71. The van der Waals surface area contributed by atoms with E-state index in [0.29, 0.717) is 45.3 Å². The van der Waals surface area contributed by atoms with Crippen molar-refractivity contribution in [3.05, 3.63) is 0 Å². The summed E-state index contributed by atoms with van der Waals surface area (Å²) < 4.78 is 40.0. The van der Waals surface area contributed by atoms with Crippen LogP contribution in [0.5, 0.6) is 0 Å². The number of carbonyl (C=O) groups is 2. The minimum atomic E-state index is -4.31. The van der Waals surface area contributed by atoms with Gasteiger partial charge in [-0.15, -0.1) is 0 Å². The molecule has 1 rings (SSSR count). The SMILES string of the molecule is CCCC(=O)N1CCC(C(=O)NCCCOCC(F)(F)F)CC1. The number of ether oxygens (including phenoxy) is 1. The lowest BCUT2D eigenvalue weighted by Gasteiger charge is -2.31. The van der Waals surface area contributed by atoms with Crippen LogP contribution in [0.2, 0.25) is 0 Å². The van der Waals surface area contributed by atoms with Crippen molar-refractivity contribution >= 4 is 11.8 Å². The predicted molar refractivity (Wildman–Crippen MR) is 78.7 cm³/mol. The first-order valence-electron chi connectivity index (χ1n) is 8.03. The quantitative estimate of drug-likeness (QED) is 0.690. The molecule has 1 aliphatic heterocycles. The summed E-state index contributed by atoms with van der Waals surface area (Å²) in [6, 6.07) is 0. The predicted octanol–water partition coefficient (Wildman–Crippen LogP) is 2.11. The summed E-state index contributed by atoms with van der Waals surface area (Å²) >= 11 is 0. The maximum atomic E-state index is 12.0. The number of nitrogens with one attached hydrogen (secondary N) is 1. The van der Waals surface area contributed by atoms with Crippen molar-refractivity contribution in [1.82, 2.24) is 10.2 Å². The molecule has 23 heavy (non-hydrogen) atoms. The molecule has 0 aromatic carbocycles. The van der Waals surface area contributed by atoms with E-state index in [0.717, 1.165) is 6.42 Å². The van der Waals surface area contributed by atoms with E-state index >= 15 is 0 Å². The van der Waals surface area contributed by atoms with Gasteiger partial charge in [-0.3, -0.25) is 9.59 Å². The zero-order valence-corrected chi connectivity index (χ0v) is 13.5. The molecule has 0 bridgehead atoms. The Labute approximate surface area is 134 Å². The molecule has 0 unspecified atom stereocenters. The molecular formula is C15H25F3N2O3. The number of hydrogen-bond donors (Lipinski definition) is 1. The number of carbonyl (C=O) groups excluding carboxylic acids is 2. The highest BCUT2D eigenvalue weighted by Gasteiger charge is 2.28. The molecule has 0 atom stereocenters. The normalized spacial score (nSPS) is 16.4. The van der Waals surface area contributed by atoms with Crippen LogP contribution in [0.4, 0.5) is 13.2 Å². The van der Waals surface area contributed by atoms with Gasteiger partial charge in [0.25, 0.3) is 0 Å². The molecule has 1 N–H and O–H groups in total. The van der Waals surface area contributed by atoms with Gasteiger partial charge in [0, 0.05) is 38.6 Å². The molecular weight excluding hydrogens is 313 g/mol. The van der Waals surface area contributed by atoms with Gasteiger partial charge in [-0.1, -0.05) is 6.92 Å². The molecule has 1 fully saturated rings. The van der Waals surface area contributed by atoms with Crippen molar-refractivity contribution in [2.75, 3.05) is 32.8 Å².